The molecule has 1 aliphatic rings. The third-order valence-electron chi connectivity index (χ3n) is 4.70. The summed E-state index contributed by atoms with van der Waals surface area (Å²) in [6.45, 7) is 9.61. The summed E-state index contributed by atoms with van der Waals surface area (Å²) in [7, 11) is 0. The van der Waals surface area contributed by atoms with Crippen LogP contribution in [0.15, 0.2) is 23.0 Å². The maximum atomic E-state index is 12.0. The first-order valence-corrected chi connectivity index (χ1v) is 9.36. The molecule has 7 heteroatoms. The number of anilines is 2. The van der Waals surface area contributed by atoms with E-state index >= 15 is 0 Å². The normalized spacial score (nSPS) is 17.6. The van der Waals surface area contributed by atoms with E-state index in [1.54, 1.807) is 10.7 Å². The predicted octanol–water partition coefficient (Wildman–Crippen LogP) is 2.70. The van der Waals surface area contributed by atoms with E-state index in [2.05, 4.69) is 25.3 Å². The predicted molar refractivity (Wildman–Crippen MR) is 104 cm³/mol. The summed E-state index contributed by atoms with van der Waals surface area (Å²) in [5.41, 5.74) is 1.87. The molecular weight excluding hydrogens is 328 g/mol. The van der Waals surface area contributed by atoms with Gasteiger partial charge in [-0.2, -0.15) is 5.10 Å². The van der Waals surface area contributed by atoms with Crippen molar-refractivity contribution in [1.82, 2.24) is 19.7 Å². The largest absolute Gasteiger partial charge is 0.352 e. The van der Waals surface area contributed by atoms with Gasteiger partial charge in [0.25, 0.3) is 5.56 Å². The van der Waals surface area contributed by atoms with E-state index in [0.717, 1.165) is 43.1 Å². The number of piperidine rings is 1. The van der Waals surface area contributed by atoms with Crippen molar-refractivity contribution in [1.29, 1.82) is 0 Å². The van der Waals surface area contributed by atoms with Crippen LogP contribution in [0, 0.1) is 13.8 Å². The van der Waals surface area contributed by atoms with Gasteiger partial charge in [-0.05, 0) is 59.1 Å². The van der Waals surface area contributed by atoms with E-state index in [1.165, 1.54) is 6.42 Å². The standard InChI is InChI=1S/C19H28N6O/c1-13(2)25-18(26)9-8-17(23-25)24-10-6-5-7-16(24)12-20-19-21-14(3)11-15(4)22-19/h8-9,11,13,16H,5-7,10,12H2,1-4H3,(H,20,21,22). The molecule has 2 aromatic rings. The molecule has 3 heterocycles. The molecular formula is C19H28N6O. The maximum Gasteiger partial charge on any atom is 0.267 e. The van der Waals surface area contributed by atoms with Crippen LogP contribution in [0.2, 0.25) is 0 Å². The third kappa shape index (κ3) is 4.20. The zero-order valence-electron chi connectivity index (χ0n) is 16.1. The van der Waals surface area contributed by atoms with Crippen LogP contribution < -0.4 is 15.8 Å². The summed E-state index contributed by atoms with van der Waals surface area (Å²) >= 11 is 0. The Bertz CT molecular complexity index is 796. The second-order valence-corrected chi connectivity index (χ2v) is 7.27. The van der Waals surface area contributed by atoms with E-state index in [0.29, 0.717) is 12.0 Å². The molecule has 26 heavy (non-hydrogen) atoms. The average Bonchev–Trinajstić information content (AvgIpc) is 2.60. The Hall–Kier alpha value is -2.44. The van der Waals surface area contributed by atoms with Gasteiger partial charge in [-0.25, -0.2) is 14.6 Å². The lowest BCUT2D eigenvalue weighted by Gasteiger charge is -2.37. The van der Waals surface area contributed by atoms with Crippen LogP contribution in [0.4, 0.5) is 11.8 Å². The minimum absolute atomic E-state index is 0.0486. The zero-order valence-corrected chi connectivity index (χ0v) is 16.1. The van der Waals surface area contributed by atoms with Crippen molar-refractivity contribution >= 4 is 11.8 Å². The Morgan fingerprint density at radius 2 is 1.92 bits per heavy atom. The van der Waals surface area contributed by atoms with Crippen LogP contribution in [0.3, 0.4) is 0 Å². The van der Waals surface area contributed by atoms with E-state index in [4.69, 9.17) is 0 Å². The van der Waals surface area contributed by atoms with Gasteiger partial charge in [0, 0.05) is 36.6 Å². The lowest BCUT2D eigenvalue weighted by atomic mass is 10.0. The number of aromatic nitrogens is 4. The molecule has 1 saturated heterocycles. The zero-order chi connectivity index (χ0) is 18.7. The van der Waals surface area contributed by atoms with Crippen LogP contribution in [-0.2, 0) is 0 Å². The molecule has 0 aromatic carbocycles. The van der Waals surface area contributed by atoms with Gasteiger partial charge in [0.2, 0.25) is 5.95 Å². The molecule has 2 aromatic heterocycles. The second kappa shape index (κ2) is 7.85. The molecule has 7 nitrogen and oxygen atoms in total. The highest BCUT2D eigenvalue weighted by Crippen LogP contribution is 2.23. The fraction of sp³-hybridized carbons (Fsp3) is 0.579. The number of hydrogen-bond donors (Lipinski definition) is 1. The number of aryl methyl sites for hydroxylation is 2. The van der Waals surface area contributed by atoms with Gasteiger partial charge in [-0.15, -0.1) is 0 Å². The van der Waals surface area contributed by atoms with Gasteiger partial charge in [0.15, 0.2) is 0 Å². The van der Waals surface area contributed by atoms with Crippen LogP contribution in [-0.4, -0.2) is 38.9 Å². The molecule has 0 amide bonds. The van der Waals surface area contributed by atoms with Crippen molar-refractivity contribution in [3.05, 3.63) is 39.9 Å². The van der Waals surface area contributed by atoms with Crippen LogP contribution in [0.5, 0.6) is 0 Å². The van der Waals surface area contributed by atoms with Crippen molar-refractivity contribution < 1.29 is 0 Å². The van der Waals surface area contributed by atoms with Crippen molar-refractivity contribution in [2.45, 2.75) is 59.0 Å². The summed E-state index contributed by atoms with van der Waals surface area (Å²) in [4.78, 5) is 23.2. The molecule has 1 fully saturated rings. The smallest absolute Gasteiger partial charge is 0.267 e. The third-order valence-corrected chi connectivity index (χ3v) is 4.70. The Kier molecular flexibility index (Phi) is 5.54. The molecule has 0 spiro atoms. The van der Waals surface area contributed by atoms with Crippen LogP contribution in [0.25, 0.3) is 0 Å². The first-order chi connectivity index (χ1) is 12.4. The SMILES string of the molecule is Cc1cc(C)nc(NCC2CCCCN2c2ccc(=O)n(C(C)C)n2)n1. The Morgan fingerprint density at radius 3 is 2.62 bits per heavy atom. The van der Waals surface area contributed by atoms with Gasteiger partial charge >= 0.3 is 0 Å². The van der Waals surface area contributed by atoms with E-state index in [9.17, 15) is 4.79 Å². The molecule has 0 saturated carbocycles. The van der Waals surface area contributed by atoms with E-state index in [1.807, 2.05) is 39.8 Å². The Labute approximate surface area is 154 Å². The number of nitrogens with one attached hydrogen (secondary N) is 1. The summed E-state index contributed by atoms with van der Waals surface area (Å²) in [5, 5.41) is 7.98. The second-order valence-electron chi connectivity index (χ2n) is 7.27. The van der Waals surface area contributed by atoms with Crippen molar-refractivity contribution in [3.8, 4) is 0 Å². The number of hydrogen-bond acceptors (Lipinski definition) is 6. The minimum atomic E-state index is -0.0564. The summed E-state index contributed by atoms with van der Waals surface area (Å²) < 4.78 is 1.56. The van der Waals surface area contributed by atoms with Gasteiger partial charge in [-0.3, -0.25) is 4.79 Å². The van der Waals surface area contributed by atoms with E-state index in [-0.39, 0.29) is 11.6 Å². The highest BCUT2D eigenvalue weighted by atomic mass is 16.1. The Balaban J connectivity index is 1.77. The molecule has 140 valence electrons. The maximum absolute atomic E-state index is 12.0. The van der Waals surface area contributed by atoms with Crippen molar-refractivity contribution in [2.75, 3.05) is 23.3 Å². The molecule has 0 bridgehead atoms. The first-order valence-electron chi connectivity index (χ1n) is 9.36. The molecule has 1 atom stereocenters. The fourth-order valence-corrected chi connectivity index (χ4v) is 3.47. The molecule has 1 unspecified atom stereocenters. The minimum Gasteiger partial charge on any atom is -0.352 e. The van der Waals surface area contributed by atoms with Crippen molar-refractivity contribution in [3.63, 3.8) is 0 Å². The monoisotopic (exact) mass is 356 g/mol. The summed E-state index contributed by atoms with van der Waals surface area (Å²) in [6, 6.07) is 5.78. The molecule has 1 aliphatic heterocycles. The highest BCUT2D eigenvalue weighted by molar-refractivity contribution is 5.40. The molecule has 0 radical (unpaired) electrons. The number of rotatable bonds is 5. The Morgan fingerprint density at radius 1 is 1.19 bits per heavy atom. The van der Waals surface area contributed by atoms with Gasteiger partial charge in [0.05, 0.1) is 6.04 Å². The molecule has 3 rings (SSSR count). The van der Waals surface area contributed by atoms with Crippen LogP contribution in [0.1, 0.15) is 50.5 Å². The van der Waals surface area contributed by atoms with E-state index < -0.39 is 0 Å². The quantitative estimate of drug-likeness (QED) is 0.888. The van der Waals surface area contributed by atoms with Crippen LogP contribution >= 0.6 is 0 Å². The highest BCUT2D eigenvalue weighted by Gasteiger charge is 2.24. The molecule has 1 N–H and O–H groups in total. The van der Waals surface area contributed by atoms with Gasteiger partial charge < -0.3 is 10.2 Å². The van der Waals surface area contributed by atoms with Crippen molar-refractivity contribution in [2.24, 2.45) is 0 Å². The molecule has 0 aliphatic carbocycles. The lowest BCUT2D eigenvalue weighted by molar-refractivity contribution is 0.451. The van der Waals surface area contributed by atoms with Gasteiger partial charge in [0.1, 0.15) is 5.82 Å². The van der Waals surface area contributed by atoms with Gasteiger partial charge in [-0.1, -0.05) is 0 Å². The lowest BCUT2D eigenvalue weighted by Crippen LogP contribution is -2.45. The average molecular weight is 356 g/mol. The topological polar surface area (TPSA) is 75.9 Å². The fourth-order valence-electron chi connectivity index (χ4n) is 3.47. The first kappa shape index (κ1) is 18.4. The summed E-state index contributed by atoms with van der Waals surface area (Å²) in [5.74, 6) is 1.54. The number of nitrogens with zero attached hydrogens (tertiary/aromatic N) is 5. The summed E-state index contributed by atoms with van der Waals surface area (Å²) in [6.07, 6.45) is 3.42.